The molecular weight excluding hydrogens is 693 g/mol. The van der Waals surface area contributed by atoms with Crippen LogP contribution in [0.3, 0.4) is 0 Å². The Morgan fingerprint density at radius 1 is 0.745 bits per heavy atom. The molecule has 0 amide bonds. The van der Waals surface area contributed by atoms with Gasteiger partial charge >= 0.3 is 0 Å². The van der Waals surface area contributed by atoms with Crippen molar-refractivity contribution in [3.63, 3.8) is 0 Å². The number of rotatable bonds is 10. The Bertz CT molecular complexity index is 2320. The molecular formula is C35H38N8O6S2. The number of nitrogens with zero attached hydrogens (tertiary/aromatic N) is 6. The van der Waals surface area contributed by atoms with Gasteiger partial charge in [-0.25, -0.2) is 15.0 Å². The van der Waals surface area contributed by atoms with E-state index in [0.717, 1.165) is 61.7 Å². The fourth-order valence-electron chi connectivity index (χ4n) is 5.63. The maximum atomic E-state index is 12.8. The molecule has 6 heterocycles. The number of hydrogen-bond donors (Lipinski definition) is 2. The van der Waals surface area contributed by atoms with E-state index in [9.17, 15) is 8.42 Å². The van der Waals surface area contributed by atoms with Gasteiger partial charge in [0.15, 0.2) is 16.0 Å². The summed E-state index contributed by atoms with van der Waals surface area (Å²) in [6.45, 7) is 9.00. The number of nitrogens with one attached hydrogen (secondary N) is 2. The molecule has 2 atom stereocenters. The molecule has 2 N–H and O–H groups in total. The predicted molar refractivity (Wildman–Crippen MR) is 195 cm³/mol. The van der Waals surface area contributed by atoms with Gasteiger partial charge in [0.1, 0.15) is 18.1 Å². The van der Waals surface area contributed by atoms with Crippen LogP contribution >= 0.6 is 0 Å². The molecule has 7 rings (SSSR count). The maximum absolute atomic E-state index is 12.8. The number of hydrogen-bond acceptors (Lipinski definition) is 12. The Morgan fingerprint density at radius 2 is 1.35 bits per heavy atom. The van der Waals surface area contributed by atoms with Crippen LogP contribution in [-0.2, 0) is 37.8 Å². The minimum Gasteiger partial charge on any atom is -0.496 e. The van der Waals surface area contributed by atoms with Gasteiger partial charge in [-0.2, -0.15) is 4.98 Å². The van der Waals surface area contributed by atoms with Crippen LogP contribution in [0.5, 0.6) is 17.4 Å². The highest BCUT2D eigenvalue weighted by atomic mass is 32.2. The van der Waals surface area contributed by atoms with E-state index >= 15 is 0 Å². The van der Waals surface area contributed by atoms with E-state index in [1.807, 2.05) is 45.9 Å². The van der Waals surface area contributed by atoms with Gasteiger partial charge in [-0.1, -0.05) is 0 Å². The van der Waals surface area contributed by atoms with Crippen LogP contribution in [0, 0.1) is 27.7 Å². The number of benzene rings is 1. The summed E-state index contributed by atoms with van der Waals surface area (Å²) in [6, 6.07) is 9.24. The van der Waals surface area contributed by atoms with Gasteiger partial charge in [0.25, 0.3) is 0 Å². The van der Waals surface area contributed by atoms with Gasteiger partial charge in [0.05, 0.1) is 88.9 Å². The fraction of sp³-hybridized carbons (Fsp3) is 0.314. The summed E-state index contributed by atoms with van der Waals surface area (Å²) in [6.07, 6.45) is 3.47. The Hall–Kier alpha value is -5.22. The molecule has 5 aromatic heterocycles. The SMILES string of the molecule is COc1c(C)cnc(CS(=O)c2nc3ccc(C4=NCCO4)cc3[nH]2)c1C.COc1ccc2[nH]c(S(=O)Cc3ncc(C)c(OC)c3C)nc2n1. The van der Waals surface area contributed by atoms with Crippen LogP contribution in [0.4, 0.5) is 0 Å². The Balaban J connectivity index is 0.000000177. The number of H-pyrrole nitrogens is 2. The minimum absolute atomic E-state index is 0.249. The van der Waals surface area contributed by atoms with Gasteiger partial charge in [-0.3, -0.25) is 18.4 Å². The number of fused-ring (bicyclic) bond motifs is 2. The topological polar surface area (TPSA) is 179 Å². The summed E-state index contributed by atoms with van der Waals surface area (Å²) < 4.78 is 46.9. The molecule has 0 radical (unpaired) electrons. The summed E-state index contributed by atoms with van der Waals surface area (Å²) >= 11 is 0. The third-order valence-electron chi connectivity index (χ3n) is 8.27. The number of ether oxygens (including phenoxy) is 4. The van der Waals surface area contributed by atoms with Crippen molar-refractivity contribution in [2.45, 2.75) is 49.5 Å². The Kier molecular flexibility index (Phi) is 10.7. The van der Waals surface area contributed by atoms with E-state index in [-0.39, 0.29) is 11.5 Å². The second-order valence-electron chi connectivity index (χ2n) is 11.6. The lowest BCUT2D eigenvalue weighted by Gasteiger charge is -2.11. The quantitative estimate of drug-likeness (QED) is 0.195. The van der Waals surface area contributed by atoms with Crippen LogP contribution in [0.25, 0.3) is 22.2 Å². The summed E-state index contributed by atoms with van der Waals surface area (Å²) in [5, 5.41) is 0.795. The zero-order valence-corrected chi connectivity index (χ0v) is 31.0. The first-order valence-corrected chi connectivity index (χ1v) is 18.6. The van der Waals surface area contributed by atoms with Gasteiger partial charge in [-0.15, -0.1) is 0 Å². The van der Waals surface area contributed by atoms with E-state index in [1.165, 1.54) is 0 Å². The van der Waals surface area contributed by atoms with Crippen molar-refractivity contribution in [1.29, 1.82) is 0 Å². The van der Waals surface area contributed by atoms with Gasteiger partial charge in [0.2, 0.25) is 11.8 Å². The van der Waals surface area contributed by atoms with Crippen molar-refractivity contribution in [3.8, 4) is 17.4 Å². The van der Waals surface area contributed by atoms with Gasteiger partial charge < -0.3 is 28.9 Å². The Labute approximate surface area is 299 Å². The number of methoxy groups -OCH3 is 3. The zero-order valence-electron chi connectivity index (χ0n) is 29.3. The standard InChI is InChI=1S/C19H20N4O3S.C16H18N4O3S/c1-11-9-21-16(12(2)17(11)25-3)10-27(24)19-22-14-5-4-13(8-15(14)23-19)18-20-6-7-26-18;1-9-7-17-12(10(2)14(9)23-4)8-24(21)16-18-11-5-6-13(22-3)19-15(11)20-16/h4-5,8-9H,6-7,10H2,1-3H3,(H,22,23);5-7H,8H2,1-4H3,(H,18,19,20). The molecule has 266 valence electrons. The molecule has 16 heteroatoms. The molecule has 51 heavy (non-hydrogen) atoms. The van der Waals surface area contributed by atoms with Crippen LogP contribution in [0.2, 0.25) is 0 Å². The molecule has 0 fully saturated rings. The normalized spacial score (nSPS) is 13.7. The van der Waals surface area contributed by atoms with Crippen LogP contribution in [-0.4, -0.2) is 83.7 Å². The van der Waals surface area contributed by atoms with E-state index in [2.05, 4.69) is 39.9 Å². The first-order chi connectivity index (χ1) is 24.6. The number of aromatic amines is 2. The monoisotopic (exact) mass is 730 g/mol. The third kappa shape index (κ3) is 7.61. The summed E-state index contributed by atoms with van der Waals surface area (Å²) in [5.74, 6) is 3.18. The van der Waals surface area contributed by atoms with E-state index in [0.29, 0.717) is 46.4 Å². The van der Waals surface area contributed by atoms with Crippen molar-refractivity contribution in [2.24, 2.45) is 4.99 Å². The molecule has 14 nitrogen and oxygen atoms in total. The highest BCUT2D eigenvalue weighted by molar-refractivity contribution is 7.84. The number of aryl methyl sites for hydroxylation is 2. The molecule has 0 saturated heterocycles. The van der Waals surface area contributed by atoms with Crippen molar-refractivity contribution in [1.82, 2.24) is 34.9 Å². The van der Waals surface area contributed by atoms with E-state index in [4.69, 9.17) is 18.9 Å². The lowest BCUT2D eigenvalue weighted by Crippen LogP contribution is -2.05. The number of aromatic nitrogens is 7. The van der Waals surface area contributed by atoms with E-state index in [1.54, 1.807) is 45.9 Å². The fourth-order valence-corrected chi connectivity index (χ4v) is 7.82. The molecule has 0 saturated carbocycles. The second-order valence-corrected chi connectivity index (χ2v) is 14.4. The van der Waals surface area contributed by atoms with Gasteiger partial charge in [-0.05, 0) is 52.0 Å². The molecule has 6 aromatic rings. The van der Waals surface area contributed by atoms with Crippen LogP contribution in [0.15, 0.2) is 58.0 Å². The number of imidazole rings is 2. The van der Waals surface area contributed by atoms with Crippen LogP contribution in [0.1, 0.15) is 39.2 Å². The summed E-state index contributed by atoms with van der Waals surface area (Å²) in [4.78, 5) is 32.3. The molecule has 1 aliphatic heterocycles. The number of pyridine rings is 3. The molecule has 0 aliphatic carbocycles. The minimum atomic E-state index is -1.37. The third-order valence-corrected chi connectivity index (χ3v) is 10.6. The second kappa shape index (κ2) is 15.3. The van der Waals surface area contributed by atoms with Gasteiger partial charge in [0, 0.05) is 46.3 Å². The Morgan fingerprint density at radius 3 is 1.92 bits per heavy atom. The molecule has 0 bridgehead atoms. The van der Waals surface area contributed by atoms with Crippen molar-refractivity contribution < 1.29 is 27.4 Å². The zero-order chi connectivity index (χ0) is 36.2. The van der Waals surface area contributed by atoms with Crippen molar-refractivity contribution in [3.05, 3.63) is 81.9 Å². The summed E-state index contributed by atoms with van der Waals surface area (Å²) in [7, 11) is 2.07. The molecule has 0 spiro atoms. The molecule has 1 aliphatic rings. The summed E-state index contributed by atoms with van der Waals surface area (Å²) in [5.41, 5.74) is 8.81. The van der Waals surface area contributed by atoms with Crippen molar-refractivity contribution in [2.75, 3.05) is 34.5 Å². The largest absolute Gasteiger partial charge is 0.496 e. The average molecular weight is 731 g/mol. The predicted octanol–water partition coefficient (Wildman–Crippen LogP) is 4.96. The molecule has 1 aromatic carbocycles. The molecule has 2 unspecified atom stereocenters. The lowest BCUT2D eigenvalue weighted by molar-refractivity contribution is 0.348. The average Bonchev–Trinajstić information content (AvgIpc) is 3.91. The first-order valence-electron chi connectivity index (χ1n) is 15.9. The highest BCUT2D eigenvalue weighted by Gasteiger charge is 2.19. The smallest absolute Gasteiger partial charge is 0.216 e. The number of aliphatic imine (C=N–C) groups is 1. The lowest BCUT2D eigenvalue weighted by atomic mass is 10.1. The van der Waals surface area contributed by atoms with E-state index < -0.39 is 21.6 Å². The maximum Gasteiger partial charge on any atom is 0.216 e. The first kappa shape index (κ1) is 35.6. The van der Waals surface area contributed by atoms with Crippen molar-refractivity contribution >= 4 is 49.7 Å². The highest BCUT2D eigenvalue weighted by Crippen LogP contribution is 2.27. The van der Waals surface area contributed by atoms with Crippen LogP contribution < -0.4 is 14.2 Å².